The van der Waals surface area contributed by atoms with Gasteiger partial charge in [0.05, 0.1) is 5.69 Å². The van der Waals surface area contributed by atoms with Crippen molar-refractivity contribution < 1.29 is 4.42 Å². The van der Waals surface area contributed by atoms with Crippen LogP contribution < -0.4 is 4.90 Å². The van der Waals surface area contributed by atoms with Crippen molar-refractivity contribution >= 4 is 49.7 Å². The quantitative estimate of drug-likeness (QED) is 0.218. The molecular weight excluding hydrogens is 512 g/mol. The largest absolute Gasteiger partial charge is 0.435 e. The molecule has 8 rings (SSSR count). The Kier molecular flexibility index (Phi) is 5.79. The first kappa shape index (κ1) is 24.2. The zero-order valence-corrected chi connectivity index (χ0v) is 22.8. The summed E-state index contributed by atoms with van der Waals surface area (Å²) in [6.07, 6.45) is 0. The standard InChI is InChI=1S/C39H26N2O/c1-3-12-29(13-4-1)39-40-37-36(26-32-15-9-10-18-35(32)38(37)42-39)41(33-16-5-2-6-17-33)34-23-21-28(22-24-34)31-20-19-27-11-7-8-14-30(27)25-31/h1-26H. The van der Waals surface area contributed by atoms with Gasteiger partial charge in [-0.1, -0.05) is 109 Å². The normalized spacial score (nSPS) is 11.3. The molecule has 0 aliphatic rings. The van der Waals surface area contributed by atoms with Crippen molar-refractivity contribution in [2.75, 3.05) is 4.90 Å². The highest BCUT2D eigenvalue weighted by molar-refractivity contribution is 6.11. The maximum absolute atomic E-state index is 6.50. The molecule has 0 spiro atoms. The Bertz CT molecular complexity index is 2180. The molecule has 3 nitrogen and oxygen atoms in total. The summed E-state index contributed by atoms with van der Waals surface area (Å²) in [6.45, 7) is 0. The van der Waals surface area contributed by atoms with Gasteiger partial charge in [0.15, 0.2) is 5.58 Å². The Labute approximate surface area is 243 Å². The van der Waals surface area contributed by atoms with E-state index in [0.717, 1.165) is 44.5 Å². The number of benzene rings is 7. The van der Waals surface area contributed by atoms with E-state index in [1.54, 1.807) is 0 Å². The molecule has 42 heavy (non-hydrogen) atoms. The van der Waals surface area contributed by atoms with Crippen molar-refractivity contribution in [1.29, 1.82) is 0 Å². The lowest BCUT2D eigenvalue weighted by atomic mass is 10.0. The number of aromatic nitrogens is 1. The Morgan fingerprint density at radius 2 is 1.07 bits per heavy atom. The van der Waals surface area contributed by atoms with Gasteiger partial charge in [-0.25, -0.2) is 4.98 Å². The predicted molar refractivity (Wildman–Crippen MR) is 175 cm³/mol. The third-order valence-corrected chi connectivity index (χ3v) is 7.85. The van der Waals surface area contributed by atoms with Crippen molar-refractivity contribution in [3.63, 3.8) is 0 Å². The minimum Gasteiger partial charge on any atom is -0.435 e. The second-order valence-corrected chi connectivity index (χ2v) is 10.5. The molecule has 3 heteroatoms. The number of fused-ring (bicyclic) bond motifs is 4. The first-order valence-electron chi connectivity index (χ1n) is 14.1. The van der Waals surface area contributed by atoms with Crippen LogP contribution in [0.1, 0.15) is 0 Å². The number of anilines is 3. The van der Waals surface area contributed by atoms with Crippen molar-refractivity contribution in [1.82, 2.24) is 4.98 Å². The second-order valence-electron chi connectivity index (χ2n) is 10.5. The summed E-state index contributed by atoms with van der Waals surface area (Å²) in [5.74, 6) is 0.614. The van der Waals surface area contributed by atoms with Crippen LogP contribution in [-0.4, -0.2) is 4.98 Å². The number of para-hydroxylation sites is 1. The Morgan fingerprint density at radius 1 is 0.452 bits per heavy atom. The third kappa shape index (κ3) is 4.20. The Balaban J connectivity index is 1.31. The summed E-state index contributed by atoms with van der Waals surface area (Å²) in [4.78, 5) is 7.36. The average Bonchev–Trinajstić information content (AvgIpc) is 3.52. The molecular formula is C39H26N2O. The predicted octanol–water partition coefficient (Wildman–Crippen LogP) is 10.9. The summed E-state index contributed by atoms with van der Waals surface area (Å²) in [6, 6.07) is 55.0. The fourth-order valence-electron chi connectivity index (χ4n) is 5.77. The highest BCUT2D eigenvalue weighted by Crippen LogP contribution is 2.43. The van der Waals surface area contributed by atoms with Gasteiger partial charge in [0.25, 0.3) is 0 Å². The van der Waals surface area contributed by atoms with Crippen LogP contribution in [0.2, 0.25) is 0 Å². The molecule has 0 saturated carbocycles. The number of rotatable bonds is 5. The lowest BCUT2D eigenvalue weighted by Crippen LogP contribution is -2.10. The van der Waals surface area contributed by atoms with Gasteiger partial charge in [-0.2, -0.15) is 0 Å². The molecule has 0 aliphatic carbocycles. The van der Waals surface area contributed by atoms with Gasteiger partial charge in [-0.3, -0.25) is 0 Å². The van der Waals surface area contributed by atoms with Gasteiger partial charge in [0, 0.05) is 22.3 Å². The first-order chi connectivity index (χ1) is 20.8. The monoisotopic (exact) mass is 538 g/mol. The van der Waals surface area contributed by atoms with Gasteiger partial charge in [0.2, 0.25) is 5.89 Å². The highest BCUT2D eigenvalue weighted by Gasteiger charge is 2.22. The van der Waals surface area contributed by atoms with Crippen LogP contribution in [0.3, 0.4) is 0 Å². The number of nitrogens with zero attached hydrogens (tertiary/aromatic N) is 2. The molecule has 0 bridgehead atoms. The first-order valence-corrected chi connectivity index (χ1v) is 14.1. The molecule has 0 aliphatic heterocycles. The van der Waals surface area contributed by atoms with Crippen LogP contribution in [0.5, 0.6) is 0 Å². The van der Waals surface area contributed by atoms with Gasteiger partial charge in [-0.05, 0) is 75.8 Å². The summed E-state index contributed by atoms with van der Waals surface area (Å²) in [7, 11) is 0. The molecule has 0 amide bonds. The van der Waals surface area contributed by atoms with E-state index in [-0.39, 0.29) is 0 Å². The van der Waals surface area contributed by atoms with E-state index in [4.69, 9.17) is 9.40 Å². The molecule has 8 aromatic rings. The summed E-state index contributed by atoms with van der Waals surface area (Å²) in [5, 5.41) is 4.63. The van der Waals surface area contributed by atoms with E-state index in [1.165, 1.54) is 21.9 Å². The minimum atomic E-state index is 0.614. The highest BCUT2D eigenvalue weighted by atomic mass is 16.3. The summed E-state index contributed by atoms with van der Waals surface area (Å²) >= 11 is 0. The van der Waals surface area contributed by atoms with Crippen LogP contribution in [0.15, 0.2) is 162 Å². The molecule has 7 aromatic carbocycles. The van der Waals surface area contributed by atoms with Crippen LogP contribution in [0.25, 0.3) is 55.2 Å². The van der Waals surface area contributed by atoms with E-state index in [9.17, 15) is 0 Å². The summed E-state index contributed by atoms with van der Waals surface area (Å²) < 4.78 is 6.50. The summed E-state index contributed by atoms with van der Waals surface area (Å²) in [5.41, 5.74) is 8.01. The molecule has 0 radical (unpaired) electrons. The number of oxazole rings is 1. The van der Waals surface area contributed by atoms with E-state index >= 15 is 0 Å². The Hall–Kier alpha value is -5.67. The zero-order chi connectivity index (χ0) is 27.9. The zero-order valence-electron chi connectivity index (χ0n) is 22.8. The topological polar surface area (TPSA) is 29.3 Å². The maximum atomic E-state index is 6.50. The van der Waals surface area contributed by atoms with E-state index < -0.39 is 0 Å². The van der Waals surface area contributed by atoms with E-state index in [2.05, 4.69) is 120 Å². The van der Waals surface area contributed by atoms with Gasteiger partial charge in [0.1, 0.15) is 5.52 Å². The maximum Gasteiger partial charge on any atom is 0.227 e. The number of hydrogen-bond acceptors (Lipinski definition) is 3. The van der Waals surface area contributed by atoms with Crippen molar-refractivity contribution in [2.24, 2.45) is 0 Å². The van der Waals surface area contributed by atoms with Gasteiger partial charge >= 0.3 is 0 Å². The molecule has 1 heterocycles. The lowest BCUT2D eigenvalue weighted by Gasteiger charge is -2.26. The van der Waals surface area contributed by atoms with Crippen LogP contribution >= 0.6 is 0 Å². The third-order valence-electron chi connectivity index (χ3n) is 7.85. The molecule has 0 unspecified atom stereocenters. The SMILES string of the molecule is c1ccc(-c2nc3c(N(c4ccccc4)c4ccc(-c5ccc6ccccc6c5)cc4)cc4ccccc4c3o2)cc1. The molecule has 0 fully saturated rings. The fraction of sp³-hybridized carbons (Fsp3) is 0. The Morgan fingerprint density at radius 3 is 1.86 bits per heavy atom. The molecule has 1 aromatic heterocycles. The molecule has 0 saturated heterocycles. The van der Waals surface area contributed by atoms with E-state index in [1.807, 2.05) is 42.5 Å². The van der Waals surface area contributed by atoms with Crippen LogP contribution in [-0.2, 0) is 0 Å². The minimum absolute atomic E-state index is 0.614. The molecule has 198 valence electrons. The smallest absolute Gasteiger partial charge is 0.227 e. The average molecular weight is 539 g/mol. The van der Waals surface area contributed by atoms with Gasteiger partial charge < -0.3 is 9.32 Å². The van der Waals surface area contributed by atoms with E-state index in [0.29, 0.717) is 5.89 Å². The van der Waals surface area contributed by atoms with Gasteiger partial charge in [-0.15, -0.1) is 0 Å². The van der Waals surface area contributed by atoms with Crippen molar-refractivity contribution in [2.45, 2.75) is 0 Å². The number of hydrogen-bond donors (Lipinski definition) is 0. The lowest BCUT2D eigenvalue weighted by molar-refractivity contribution is 0.623. The second kappa shape index (κ2) is 10.1. The van der Waals surface area contributed by atoms with Crippen molar-refractivity contribution in [3.05, 3.63) is 158 Å². The molecule has 0 N–H and O–H groups in total. The molecule has 0 atom stereocenters. The fourth-order valence-corrected chi connectivity index (χ4v) is 5.77. The van der Waals surface area contributed by atoms with Crippen LogP contribution in [0, 0.1) is 0 Å². The van der Waals surface area contributed by atoms with Crippen molar-refractivity contribution in [3.8, 4) is 22.6 Å². The van der Waals surface area contributed by atoms with Crippen LogP contribution in [0.4, 0.5) is 17.1 Å².